The number of carboxylic acid groups (broad SMARTS) is 1. The number of anilines is 2. The number of methoxy groups -OCH3 is 1. The zero-order valence-corrected chi connectivity index (χ0v) is 16.8. The number of carbonyl (C=O) groups is 2. The fourth-order valence-corrected chi connectivity index (χ4v) is 3.73. The van der Waals surface area contributed by atoms with Crippen LogP contribution in [0.3, 0.4) is 0 Å². The number of hydrogen-bond acceptors (Lipinski definition) is 5. The average Bonchev–Trinajstić information content (AvgIpc) is 3.22. The second kappa shape index (κ2) is 8.89. The lowest BCUT2D eigenvalue weighted by atomic mass is 9.88. The summed E-state index contributed by atoms with van der Waals surface area (Å²) < 4.78 is 5.14. The quantitative estimate of drug-likeness (QED) is 0.631. The molecule has 0 bridgehead atoms. The Hall–Kier alpha value is -3.84. The van der Waals surface area contributed by atoms with Gasteiger partial charge in [-0.05, 0) is 42.0 Å². The summed E-state index contributed by atoms with van der Waals surface area (Å²) in [6.07, 6.45) is -1.34. The molecular weight excluding hydrogens is 396 g/mol. The van der Waals surface area contributed by atoms with E-state index in [0.717, 1.165) is 5.56 Å². The summed E-state index contributed by atoms with van der Waals surface area (Å²) in [4.78, 5) is 31.2. The van der Waals surface area contributed by atoms with E-state index in [1.807, 2.05) is 60.7 Å². The second-order valence-corrected chi connectivity index (χ2v) is 7.12. The van der Waals surface area contributed by atoms with Crippen molar-refractivity contribution in [3.63, 3.8) is 0 Å². The van der Waals surface area contributed by atoms with Crippen molar-refractivity contribution in [3.05, 3.63) is 90.5 Å². The molecule has 0 radical (unpaired) electrons. The third-order valence-corrected chi connectivity index (χ3v) is 5.20. The number of benzene rings is 3. The van der Waals surface area contributed by atoms with Gasteiger partial charge in [-0.2, -0.15) is 0 Å². The van der Waals surface area contributed by atoms with Crippen molar-refractivity contribution >= 4 is 23.3 Å². The molecule has 0 spiro atoms. The zero-order chi connectivity index (χ0) is 21.8. The molecule has 31 heavy (non-hydrogen) atoms. The van der Waals surface area contributed by atoms with E-state index in [9.17, 15) is 14.7 Å². The van der Waals surface area contributed by atoms with Crippen LogP contribution in [0.1, 0.15) is 11.6 Å². The summed E-state index contributed by atoms with van der Waals surface area (Å²) in [7, 11) is 1.56. The lowest BCUT2D eigenvalue weighted by Gasteiger charge is -2.27. The van der Waals surface area contributed by atoms with Crippen LogP contribution in [0, 0.1) is 5.92 Å². The van der Waals surface area contributed by atoms with Crippen LogP contribution in [-0.2, 0) is 14.4 Å². The molecule has 0 aliphatic carbocycles. The van der Waals surface area contributed by atoms with Crippen LogP contribution in [-0.4, -0.2) is 30.2 Å². The van der Waals surface area contributed by atoms with E-state index in [4.69, 9.17) is 9.57 Å². The number of rotatable bonds is 6. The Kier molecular flexibility index (Phi) is 5.86. The number of carboxylic acids is 1. The molecule has 4 rings (SSSR count). The van der Waals surface area contributed by atoms with Gasteiger partial charge in [0, 0.05) is 5.69 Å². The molecule has 1 saturated heterocycles. The largest absolute Gasteiger partial charge is 0.497 e. The van der Waals surface area contributed by atoms with Gasteiger partial charge in [-0.25, -0.2) is 9.86 Å². The summed E-state index contributed by atoms with van der Waals surface area (Å²) in [6, 6.07) is 24.7. The SMILES string of the molecule is COc1ccc(NC(=O)C2C(C(=O)O)ON(c3ccccc3)C2c2ccccc2)cc1. The van der Waals surface area contributed by atoms with Crippen LogP contribution in [0.25, 0.3) is 0 Å². The van der Waals surface area contributed by atoms with E-state index in [2.05, 4.69) is 5.32 Å². The lowest BCUT2D eigenvalue weighted by molar-refractivity contribution is -0.151. The normalized spacial score (nSPS) is 20.3. The Bertz CT molecular complexity index is 1040. The molecule has 1 fully saturated rings. The van der Waals surface area contributed by atoms with Gasteiger partial charge in [-0.1, -0.05) is 48.5 Å². The summed E-state index contributed by atoms with van der Waals surface area (Å²) >= 11 is 0. The van der Waals surface area contributed by atoms with Crippen LogP contribution in [0.2, 0.25) is 0 Å². The first kappa shape index (κ1) is 20.4. The van der Waals surface area contributed by atoms with Crippen molar-refractivity contribution in [1.29, 1.82) is 0 Å². The van der Waals surface area contributed by atoms with Crippen molar-refractivity contribution in [2.24, 2.45) is 5.92 Å². The van der Waals surface area contributed by atoms with Crippen LogP contribution in [0.4, 0.5) is 11.4 Å². The van der Waals surface area contributed by atoms with E-state index >= 15 is 0 Å². The Morgan fingerprint density at radius 2 is 1.55 bits per heavy atom. The minimum absolute atomic E-state index is 0.440. The topological polar surface area (TPSA) is 88.1 Å². The third-order valence-electron chi connectivity index (χ3n) is 5.20. The number of nitrogens with one attached hydrogen (secondary N) is 1. The molecule has 1 aliphatic heterocycles. The summed E-state index contributed by atoms with van der Waals surface area (Å²) in [5.41, 5.74) is 1.99. The number of amides is 1. The lowest BCUT2D eigenvalue weighted by Crippen LogP contribution is -2.37. The van der Waals surface area contributed by atoms with E-state index in [0.29, 0.717) is 17.1 Å². The minimum atomic E-state index is -1.34. The molecule has 7 heteroatoms. The summed E-state index contributed by atoms with van der Waals surface area (Å²) in [5.74, 6) is -1.97. The fourth-order valence-electron chi connectivity index (χ4n) is 3.73. The Balaban J connectivity index is 1.72. The monoisotopic (exact) mass is 418 g/mol. The van der Waals surface area contributed by atoms with Gasteiger partial charge in [0.1, 0.15) is 11.7 Å². The fraction of sp³-hybridized carbons (Fsp3) is 0.167. The number of para-hydroxylation sites is 1. The molecule has 3 aromatic rings. The number of aliphatic carboxylic acids is 1. The Labute approximate surface area is 179 Å². The number of ether oxygens (including phenoxy) is 1. The first-order valence-corrected chi connectivity index (χ1v) is 9.82. The predicted octanol–water partition coefficient (Wildman–Crippen LogP) is 3.90. The molecule has 1 aliphatic rings. The third kappa shape index (κ3) is 4.22. The highest BCUT2D eigenvalue weighted by atomic mass is 16.7. The van der Waals surface area contributed by atoms with Crippen molar-refractivity contribution in [1.82, 2.24) is 0 Å². The van der Waals surface area contributed by atoms with E-state index < -0.39 is 29.9 Å². The van der Waals surface area contributed by atoms with Gasteiger partial charge in [-0.3, -0.25) is 9.63 Å². The highest BCUT2D eigenvalue weighted by Crippen LogP contribution is 2.43. The maximum atomic E-state index is 13.3. The highest BCUT2D eigenvalue weighted by molar-refractivity contribution is 5.97. The first-order chi connectivity index (χ1) is 15.1. The molecule has 0 aromatic heterocycles. The molecule has 3 atom stereocenters. The maximum absolute atomic E-state index is 13.3. The van der Waals surface area contributed by atoms with Gasteiger partial charge >= 0.3 is 5.97 Å². The molecule has 3 unspecified atom stereocenters. The van der Waals surface area contributed by atoms with Crippen LogP contribution >= 0.6 is 0 Å². The molecule has 2 N–H and O–H groups in total. The number of hydrogen-bond donors (Lipinski definition) is 2. The van der Waals surface area contributed by atoms with Gasteiger partial charge < -0.3 is 15.2 Å². The Morgan fingerprint density at radius 3 is 2.13 bits per heavy atom. The van der Waals surface area contributed by atoms with Gasteiger partial charge in [-0.15, -0.1) is 0 Å². The zero-order valence-electron chi connectivity index (χ0n) is 16.8. The Morgan fingerprint density at radius 1 is 0.935 bits per heavy atom. The van der Waals surface area contributed by atoms with Gasteiger partial charge in [0.25, 0.3) is 0 Å². The predicted molar refractivity (Wildman–Crippen MR) is 116 cm³/mol. The standard InChI is InChI=1S/C24H22N2O5/c1-30-19-14-12-17(13-15-19)25-23(27)20-21(16-8-4-2-5-9-16)26(31-22(20)24(28)29)18-10-6-3-7-11-18/h2-15,20-22H,1H3,(H,25,27)(H,28,29). The first-order valence-electron chi connectivity index (χ1n) is 9.82. The van der Waals surface area contributed by atoms with Crippen molar-refractivity contribution in [3.8, 4) is 5.75 Å². The maximum Gasteiger partial charge on any atom is 0.336 e. The van der Waals surface area contributed by atoms with Crippen LogP contribution in [0.15, 0.2) is 84.9 Å². The van der Waals surface area contributed by atoms with Crippen LogP contribution < -0.4 is 15.1 Å². The molecule has 158 valence electrons. The summed E-state index contributed by atoms with van der Waals surface area (Å²) in [6.45, 7) is 0. The molecule has 3 aromatic carbocycles. The second-order valence-electron chi connectivity index (χ2n) is 7.12. The molecular formula is C24H22N2O5. The molecule has 1 amide bonds. The van der Waals surface area contributed by atoms with Gasteiger partial charge in [0.05, 0.1) is 18.8 Å². The molecule has 0 saturated carbocycles. The van der Waals surface area contributed by atoms with E-state index in [1.54, 1.807) is 31.4 Å². The van der Waals surface area contributed by atoms with Gasteiger partial charge in [0.2, 0.25) is 5.91 Å². The van der Waals surface area contributed by atoms with Gasteiger partial charge in [0.15, 0.2) is 6.10 Å². The van der Waals surface area contributed by atoms with E-state index in [1.165, 1.54) is 5.06 Å². The van der Waals surface area contributed by atoms with Crippen molar-refractivity contribution in [2.75, 3.05) is 17.5 Å². The smallest absolute Gasteiger partial charge is 0.336 e. The summed E-state index contributed by atoms with van der Waals surface area (Å²) in [5, 5.41) is 14.2. The number of carbonyl (C=O) groups excluding carboxylic acids is 1. The molecule has 1 heterocycles. The minimum Gasteiger partial charge on any atom is -0.497 e. The van der Waals surface area contributed by atoms with Crippen molar-refractivity contribution < 1.29 is 24.3 Å². The van der Waals surface area contributed by atoms with Crippen LogP contribution in [0.5, 0.6) is 5.75 Å². The van der Waals surface area contributed by atoms with E-state index in [-0.39, 0.29) is 0 Å². The highest BCUT2D eigenvalue weighted by Gasteiger charge is 2.52. The average molecular weight is 418 g/mol. The number of hydroxylamine groups is 1. The van der Waals surface area contributed by atoms with Crippen molar-refractivity contribution in [2.45, 2.75) is 12.1 Å². The molecule has 7 nitrogen and oxygen atoms in total. The number of nitrogens with zero attached hydrogens (tertiary/aromatic N) is 1.